The molecule has 25 heavy (non-hydrogen) atoms. The predicted molar refractivity (Wildman–Crippen MR) is 94.5 cm³/mol. The van der Waals surface area contributed by atoms with Crippen LogP contribution in [0.1, 0.15) is 30.0 Å². The number of sulfonamides is 1. The number of rotatable bonds is 3. The first-order valence-electron chi connectivity index (χ1n) is 8.54. The van der Waals surface area contributed by atoms with Gasteiger partial charge in [-0.15, -0.1) is 0 Å². The second-order valence-electron chi connectivity index (χ2n) is 6.49. The van der Waals surface area contributed by atoms with Gasteiger partial charge in [0, 0.05) is 12.6 Å². The Balaban J connectivity index is 1.68. The van der Waals surface area contributed by atoms with E-state index in [1.807, 2.05) is 31.2 Å². The van der Waals surface area contributed by atoms with Gasteiger partial charge in [0.2, 0.25) is 10.0 Å². The average Bonchev–Trinajstić information content (AvgIpc) is 3.12. The Morgan fingerprint density at radius 3 is 2.48 bits per heavy atom. The zero-order valence-corrected chi connectivity index (χ0v) is 15.0. The fourth-order valence-electron chi connectivity index (χ4n) is 3.47. The van der Waals surface area contributed by atoms with E-state index in [-0.39, 0.29) is 10.9 Å². The number of benzene rings is 2. The molecule has 1 atom stereocenters. The molecule has 0 spiro atoms. The summed E-state index contributed by atoms with van der Waals surface area (Å²) in [5, 5.41) is 0. The van der Waals surface area contributed by atoms with Crippen molar-refractivity contribution in [3.8, 4) is 11.5 Å². The molecule has 0 N–H and O–H groups in total. The minimum atomic E-state index is -3.58. The van der Waals surface area contributed by atoms with Crippen LogP contribution in [0.25, 0.3) is 0 Å². The van der Waals surface area contributed by atoms with Crippen LogP contribution in [0.15, 0.2) is 47.4 Å². The van der Waals surface area contributed by atoms with Crippen LogP contribution in [-0.4, -0.2) is 32.5 Å². The van der Waals surface area contributed by atoms with Crippen molar-refractivity contribution >= 4 is 10.0 Å². The lowest BCUT2D eigenvalue weighted by Gasteiger charge is -2.25. The molecule has 0 unspecified atom stereocenters. The molecule has 0 bridgehead atoms. The summed E-state index contributed by atoms with van der Waals surface area (Å²) >= 11 is 0. The van der Waals surface area contributed by atoms with Crippen LogP contribution >= 0.6 is 0 Å². The minimum absolute atomic E-state index is 0.112. The highest BCUT2D eigenvalue weighted by atomic mass is 32.2. The number of fused-ring (bicyclic) bond motifs is 1. The van der Waals surface area contributed by atoms with E-state index in [0.717, 1.165) is 18.4 Å². The summed E-state index contributed by atoms with van der Waals surface area (Å²) in [6, 6.07) is 12.9. The Morgan fingerprint density at radius 2 is 1.72 bits per heavy atom. The fourth-order valence-corrected chi connectivity index (χ4v) is 5.17. The van der Waals surface area contributed by atoms with Crippen LogP contribution in [0, 0.1) is 6.92 Å². The van der Waals surface area contributed by atoms with Gasteiger partial charge in [-0.25, -0.2) is 8.42 Å². The molecule has 2 heterocycles. The molecule has 1 fully saturated rings. The highest BCUT2D eigenvalue weighted by Crippen LogP contribution is 2.39. The van der Waals surface area contributed by atoms with Gasteiger partial charge in [-0.3, -0.25) is 0 Å². The van der Waals surface area contributed by atoms with E-state index in [1.165, 1.54) is 5.56 Å². The van der Waals surface area contributed by atoms with Crippen molar-refractivity contribution in [2.24, 2.45) is 0 Å². The maximum Gasteiger partial charge on any atom is 0.243 e. The summed E-state index contributed by atoms with van der Waals surface area (Å²) in [7, 11) is -3.58. The molecule has 1 saturated heterocycles. The van der Waals surface area contributed by atoms with Gasteiger partial charge in [-0.1, -0.05) is 29.8 Å². The van der Waals surface area contributed by atoms with Gasteiger partial charge in [0.1, 0.15) is 13.2 Å². The van der Waals surface area contributed by atoms with Gasteiger partial charge < -0.3 is 9.47 Å². The molecule has 132 valence electrons. The lowest BCUT2D eigenvalue weighted by Crippen LogP contribution is -2.30. The number of ether oxygens (including phenoxy) is 2. The molecular weight excluding hydrogens is 338 g/mol. The van der Waals surface area contributed by atoms with Crippen LogP contribution in [0.5, 0.6) is 11.5 Å². The second-order valence-corrected chi connectivity index (χ2v) is 8.38. The van der Waals surface area contributed by atoms with Gasteiger partial charge in [0.25, 0.3) is 0 Å². The molecule has 0 saturated carbocycles. The standard InChI is InChI=1S/C19H21NO4S/c1-14-4-6-15(7-5-14)17-3-2-10-20(17)25(21,22)16-8-9-18-19(13-16)24-12-11-23-18/h4-9,13,17H,2-3,10-12H2,1H3/t17-/m1/s1. The van der Waals surface area contributed by atoms with Gasteiger partial charge in [-0.2, -0.15) is 4.31 Å². The highest BCUT2D eigenvalue weighted by molar-refractivity contribution is 7.89. The van der Waals surface area contributed by atoms with E-state index in [1.54, 1.807) is 22.5 Å². The monoisotopic (exact) mass is 359 g/mol. The first-order chi connectivity index (χ1) is 12.1. The summed E-state index contributed by atoms with van der Waals surface area (Å²) in [4.78, 5) is 0.260. The molecule has 0 aromatic heterocycles. The van der Waals surface area contributed by atoms with Crippen molar-refractivity contribution in [2.45, 2.75) is 30.7 Å². The van der Waals surface area contributed by atoms with E-state index in [4.69, 9.17) is 9.47 Å². The Labute approximate surface area is 148 Å². The van der Waals surface area contributed by atoms with Crippen LogP contribution in [0.2, 0.25) is 0 Å². The van der Waals surface area contributed by atoms with E-state index in [2.05, 4.69) is 0 Å². The third-order valence-electron chi connectivity index (χ3n) is 4.79. The summed E-state index contributed by atoms with van der Waals surface area (Å²) in [6.07, 6.45) is 1.70. The van der Waals surface area contributed by atoms with Gasteiger partial charge >= 0.3 is 0 Å². The lowest BCUT2D eigenvalue weighted by atomic mass is 10.0. The number of aryl methyl sites for hydroxylation is 1. The quantitative estimate of drug-likeness (QED) is 0.844. The normalized spacial score (nSPS) is 20.6. The van der Waals surface area contributed by atoms with E-state index < -0.39 is 10.0 Å². The third-order valence-corrected chi connectivity index (χ3v) is 6.69. The number of hydrogen-bond donors (Lipinski definition) is 0. The van der Waals surface area contributed by atoms with Crippen molar-refractivity contribution in [3.05, 3.63) is 53.6 Å². The van der Waals surface area contributed by atoms with Crippen molar-refractivity contribution in [3.63, 3.8) is 0 Å². The molecule has 6 heteroatoms. The summed E-state index contributed by atoms with van der Waals surface area (Å²) in [6.45, 7) is 3.49. The molecule has 5 nitrogen and oxygen atoms in total. The van der Waals surface area contributed by atoms with Crippen LogP contribution in [-0.2, 0) is 10.0 Å². The fraction of sp³-hybridized carbons (Fsp3) is 0.368. The number of nitrogens with zero attached hydrogens (tertiary/aromatic N) is 1. The largest absolute Gasteiger partial charge is 0.486 e. The summed E-state index contributed by atoms with van der Waals surface area (Å²) in [5.41, 5.74) is 2.22. The Bertz CT molecular complexity index is 877. The third kappa shape index (κ3) is 3.00. The molecular formula is C19H21NO4S. The second kappa shape index (κ2) is 6.35. The molecule has 0 aliphatic carbocycles. The lowest BCUT2D eigenvalue weighted by molar-refractivity contribution is 0.171. The smallest absolute Gasteiger partial charge is 0.243 e. The zero-order chi connectivity index (χ0) is 17.4. The first-order valence-corrected chi connectivity index (χ1v) is 9.98. The SMILES string of the molecule is Cc1ccc([C@H]2CCCN2S(=O)(=O)c2ccc3c(c2)OCCO3)cc1. The van der Waals surface area contributed by atoms with E-state index in [9.17, 15) is 8.42 Å². The Kier molecular flexibility index (Phi) is 4.17. The maximum absolute atomic E-state index is 13.2. The van der Waals surface area contributed by atoms with Gasteiger partial charge in [-0.05, 0) is 37.5 Å². The Morgan fingerprint density at radius 1 is 1.00 bits per heavy atom. The molecule has 4 rings (SSSR count). The maximum atomic E-state index is 13.2. The van der Waals surface area contributed by atoms with Crippen molar-refractivity contribution in [1.82, 2.24) is 4.31 Å². The molecule has 2 aliphatic heterocycles. The van der Waals surface area contributed by atoms with Crippen LogP contribution in [0.3, 0.4) is 0 Å². The van der Waals surface area contributed by atoms with E-state index in [0.29, 0.717) is 31.3 Å². The Hall–Kier alpha value is -2.05. The van der Waals surface area contributed by atoms with Crippen molar-refractivity contribution in [2.75, 3.05) is 19.8 Å². The highest BCUT2D eigenvalue weighted by Gasteiger charge is 2.36. The van der Waals surface area contributed by atoms with Crippen LogP contribution in [0.4, 0.5) is 0 Å². The molecule has 2 aromatic carbocycles. The zero-order valence-electron chi connectivity index (χ0n) is 14.1. The first kappa shape index (κ1) is 16.4. The van der Waals surface area contributed by atoms with Crippen LogP contribution < -0.4 is 9.47 Å². The molecule has 2 aromatic rings. The minimum Gasteiger partial charge on any atom is -0.486 e. The summed E-state index contributed by atoms with van der Waals surface area (Å²) < 4.78 is 39.0. The van der Waals surface area contributed by atoms with Gasteiger partial charge in [0.05, 0.1) is 10.9 Å². The summed E-state index contributed by atoms with van der Waals surface area (Å²) in [5.74, 6) is 1.10. The topological polar surface area (TPSA) is 55.8 Å². The molecule has 2 aliphatic rings. The molecule has 0 amide bonds. The molecule has 0 radical (unpaired) electrons. The van der Waals surface area contributed by atoms with E-state index >= 15 is 0 Å². The number of hydrogen-bond acceptors (Lipinski definition) is 4. The predicted octanol–water partition coefficient (Wildman–Crippen LogP) is 3.29. The van der Waals surface area contributed by atoms with Gasteiger partial charge in [0.15, 0.2) is 11.5 Å². The average molecular weight is 359 g/mol. The van der Waals surface area contributed by atoms with Crippen molar-refractivity contribution in [1.29, 1.82) is 0 Å². The van der Waals surface area contributed by atoms with Crippen molar-refractivity contribution < 1.29 is 17.9 Å².